The van der Waals surface area contributed by atoms with Crippen molar-refractivity contribution in [2.45, 2.75) is 39.2 Å². The molecule has 1 unspecified atom stereocenters. The predicted molar refractivity (Wildman–Crippen MR) is 87.3 cm³/mol. The molecule has 5 heteroatoms. The van der Waals surface area contributed by atoms with Crippen molar-refractivity contribution in [3.63, 3.8) is 0 Å². The third kappa shape index (κ3) is 3.04. The second-order valence-corrected chi connectivity index (χ2v) is 5.84. The molecular weight excluding hydrogens is 276 g/mol. The first-order valence-corrected chi connectivity index (χ1v) is 7.80. The van der Waals surface area contributed by atoms with Crippen LogP contribution in [-0.2, 0) is 4.79 Å². The molecule has 1 aromatic carbocycles. The summed E-state index contributed by atoms with van der Waals surface area (Å²) in [4.78, 5) is 12.2. The molecule has 1 aromatic heterocycles. The Morgan fingerprint density at radius 3 is 2.82 bits per heavy atom. The maximum absolute atomic E-state index is 12.2. The van der Waals surface area contributed by atoms with E-state index in [2.05, 4.69) is 15.7 Å². The molecule has 2 aromatic rings. The number of benzene rings is 1. The summed E-state index contributed by atoms with van der Waals surface area (Å²) >= 11 is 0. The first-order valence-electron chi connectivity index (χ1n) is 7.80. The number of aromatic nitrogens is 2. The van der Waals surface area contributed by atoms with Crippen molar-refractivity contribution in [2.24, 2.45) is 0 Å². The zero-order valence-electron chi connectivity index (χ0n) is 13.1. The molecule has 1 saturated heterocycles. The van der Waals surface area contributed by atoms with Gasteiger partial charge in [-0.2, -0.15) is 5.10 Å². The third-order valence-corrected chi connectivity index (χ3v) is 4.15. The average Bonchev–Trinajstić information content (AvgIpc) is 3.11. The Bertz CT molecular complexity index is 657. The van der Waals surface area contributed by atoms with Crippen LogP contribution in [0.4, 0.5) is 5.69 Å². The third-order valence-electron chi connectivity index (χ3n) is 4.15. The number of aryl methyl sites for hydroxylation is 1. The molecule has 1 atom stereocenters. The fourth-order valence-corrected chi connectivity index (χ4v) is 2.99. The van der Waals surface area contributed by atoms with E-state index in [1.54, 1.807) is 0 Å². The molecule has 1 aliphatic rings. The van der Waals surface area contributed by atoms with Crippen molar-refractivity contribution in [1.29, 1.82) is 0 Å². The van der Waals surface area contributed by atoms with Gasteiger partial charge in [0.05, 0.1) is 22.8 Å². The zero-order valence-corrected chi connectivity index (χ0v) is 13.1. The van der Waals surface area contributed by atoms with E-state index in [-0.39, 0.29) is 5.91 Å². The SMILES string of the molecule is Cc1nn(-c2ccccc2)c(C)c1NC(=O)CC1CCCN1. The van der Waals surface area contributed by atoms with Crippen molar-refractivity contribution < 1.29 is 4.79 Å². The largest absolute Gasteiger partial charge is 0.323 e. The highest BCUT2D eigenvalue weighted by molar-refractivity contribution is 5.92. The summed E-state index contributed by atoms with van der Waals surface area (Å²) in [5.74, 6) is 0.0539. The van der Waals surface area contributed by atoms with E-state index in [1.807, 2.05) is 48.9 Å². The summed E-state index contributed by atoms with van der Waals surface area (Å²) in [5, 5.41) is 10.9. The molecule has 0 bridgehead atoms. The monoisotopic (exact) mass is 298 g/mol. The van der Waals surface area contributed by atoms with Crippen molar-refractivity contribution in [3.05, 3.63) is 41.7 Å². The van der Waals surface area contributed by atoms with Crippen LogP contribution in [0, 0.1) is 13.8 Å². The number of amides is 1. The smallest absolute Gasteiger partial charge is 0.226 e. The molecule has 3 rings (SSSR count). The van der Waals surface area contributed by atoms with Crippen LogP contribution in [-0.4, -0.2) is 28.3 Å². The normalized spacial score (nSPS) is 17.6. The van der Waals surface area contributed by atoms with Gasteiger partial charge < -0.3 is 10.6 Å². The summed E-state index contributed by atoms with van der Waals surface area (Å²) in [6.45, 7) is 4.92. The minimum atomic E-state index is 0.0539. The Labute approximate surface area is 130 Å². The number of nitrogens with one attached hydrogen (secondary N) is 2. The van der Waals surface area contributed by atoms with E-state index in [0.717, 1.165) is 42.1 Å². The number of rotatable bonds is 4. The second kappa shape index (κ2) is 6.32. The van der Waals surface area contributed by atoms with Crippen molar-refractivity contribution in [2.75, 3.05) is 11.9 Å². The molecule has 2 N–H and O–H groups in total. The lowest BCUT2D eigenvalue weighted by molar-refractivity contribution is -0.116. The molecule has 0 radical (unpaired) electrons. The highest BCUT2D eigenvalue weighted by Gasteiger charge is 2.20. The molecule has 0 spiro atoms. The van der Waals surface area contributed by atoms with Gasteiger partial charge in [0, 0.05) is 12.5 Å². The molecule has 116 valence electrons. The predicted octanol–water partition coefficient (Wildman–Crippen LogP) is 2.57. The van der Waals surface area contributed by atoms with Gasteiger partial charge in [0.25, 0.3) is 0 Å². The number of nitrogens with zero attached hydrogens (tertiary/aromatic N) is 2. The lowest BCUT2D eigenvalue weighted by Gasteiger charge is -2.11. The van der Waals surface area contributed by atoms with Crippen LogP contribution in [0.25, 0.3) is 5.69 Å². The summed E-state index contributed by atoms with van der Waals surface area (Å²) < 4.78 is 1.87. The van der Waals surface area contributed by atoms with Gasteiger partial charge in [-0.25, -0.2) is 4.68 Å². The average molecular weight is 298 g/mol. The van der Waals surface area contributed by atoms with Crippen LogP contribution in [0.5, 0.6) is 0 Å². The Balaban J connectivity index is 1.76. The van der Waals surface area contributed by atoms with Gasteiger partial charge in [-0.1, -0.05) is 18.2 Å². The number of anilines is 1. The Hall–Kier alpha value is -2.14. The van der Waals surface area contributed by atoms with Crippen LogP contribution < -0.4 is 10.6 Å². The van der Waals surface area contributed by atoms with Crippen LogP contribution >= 0.6 is 0 Å². The van der Waals surface area contributed by atoms with E-state index in [9.17, 15) is 4.79 Å². The van der Waals surface area contributed by atoms with E-state index < -0.39 is 0 Å². The summed E-state index contributed by atoms with van der Waals surface area (Å²) in [6, 6.07) is 10.3. The first-order chi connectivity index (χ1) is 10.6. The van der Waals surface area contributed by atoms with Crippen molar-refractivity contribution >= 4 is 11.6 Å². The maximum Gasteiger partial charge on any atom is 0.226 e. The lowest BCUT2D eigenvalue weighted by Crippen LogP contribution is -2.27. The van der Waals surface area contributed by atoms with Gasteiger partial charge in [-0.05, 0) is 45.4 Å². The Morgan fingerprint density at radius 1 is 1.36 bits per heavy atom. The van der Waals surface area contributed by atoms with Gasteiger partial charge in [0.2, 0.25) is 5.91 Å². The number of hydrogen-bond acceptors (Lipinski definition) is 3. The molecule has 22 heavy (non-hydrogen) atoms. The fourth-order valence-electron chi connectivity index (χ4n) is 2.99. The van der Waals surface area contributed by atoms with Crippen LogP contribution in [0.1, 0.15) is 30.7 Å². The number of para-hydroxylation sites is 1. The van der Waals surface area contributed by atoms with Crippen LogP contribution in [0.15, 0.2) is 30.3 Å². The van der Waals surface area contributed by atoms with E-state index >= 15 is 0 Å². The molecule has 2 heterocycles. The van der Waals surface area contributed by atoms with Crippen LogP contribution in [0.2, 0.25) is 0 Å². The fraction of sp³-hybridized carbons (Fsp3) is 0.412. The topological polar surface area (TPSA) is 59.0 Å². The first kappa shape index (κ1) is 14.8. The Kier molecular flexibility index (Phi) is 4.24. The van der Waals surface area contributed by atoms with Crippen molar-refractivity contribution in [3.8, 4) is 5.69 Å². The summed E-state index contributed by atoms with van der Waals surface area (Å²) in [5.41, 5.74) is 3.62. The number of carbonyl (C=O) groups is 1. The minimum Gasteiger partial charge on any atom is -0.323 e. The summed E-state index contributed by atoms with van der Waals surface area (Å²) in [7, 11) is 0. The van der Waals surface area contributed by atoms with Gasteiger partial charge in [0.1, 0.15) is 0 Å². The Morgan fingerprint density at radius 2 is 2.14 bits per heavy atom. The molecular formula is C17H22N4O. The van der Waals surface area contributed by atoms with Gasteiger partial charge in [-0.3, -0.25) is 4.79 Å². The molecule has 5 nitrogen and oxygen atoms in total. The molecule has 1 fully saturated rings. The summed E-state index contributed by atoms with van der Waals surface area (Å²) in [6.07, 6.45) is 2.76. The van der Waals surface area contributed by atoms with Crippen LogP contribution in [0.3, 0.4) is 0 Å². The zero-order chi connectivity index (χ0) is 15.5. The molecule has 0 aliphatic carbocycles. The second-order valence-electron chi connectivity index (χ2n) is 5.84. The van der Waals surface area contributed by atoms with E-state index in [4.69, 9.17) is 0 Å². The van der Waals surface area contributed by atoms with Gasteiger partial charge >= 0.3 is 0 Å². The lowest BCUT2D eigenvalue weighted by atomic mass is 10.1. The van der Waals surface area contributed by atoms with E-state index in [0.29, 0.717) is 12.5 Å². The minimum absolute atomic E-state index is 0.0539. The number of hydrogen-bond donors (Lipinski definition) is 2. The van der Waals surface area contributed by atoms with Crippen molar-refractivity contribution in [1.82, 2.24) is 15.1 Å². The van der Waals surface area contributed by atoms with Gasteiger partial charge in [-0.15, -0.1) is 0 Å². The standard InChI is InChI=1S/C17H22N4O/c1-12-17(19-16(22)11-14-7-6-10-18-14)13(2)21(20-12)15-8-4-3-5-9-15/h3-5,8-9,14,18H,6-7,10-11H2,1-2H3,(H,19,22). The molecule has 0 saturated carbocycles. The van der Waals surface area contributed by atoms with Gasteiger partial charge in [0.15, 0.2) is 0 Å². The van der Waals surface area contributed by atoms with E-state index in [1.165, 1.54) is 0 Å². The maximum atomic E-state index is 12.2. The quantitative estimate of drug-likeness (QED) is 0.912. The molecule has 1 amide bonds. The highest BCUT2D eigenvalue weighted by atomic mass is 16.1. The molecule has 1 aliphatic heterocycles. The highest BCUT2D eigenvalue weighted by Crippen LogP contribution is 2.23. The number of carbonyl (C=O) groups excluding carboxylic acids is 1.